The van der Waals surface area contributed by atoms with Crippen LogP contribution in [0.4, 0.5) is 0 Å². The summed E-state index contributed by atoms with van der Waals surface area (Å²) in [6.07, 6.45) is 10.2. The van der Waals surface area contributed by atoms with E-state index in [9.17, 15) is 0 Å². The molecule has 1 aliphatic heterocycles. The molecule has 1 saturated carbocycles. The molecule has 0 aromatic carbocycles. The van der Waals surface area contributed by atoms with Gasteiger partial charge in [0.15, 0.2) is 0 Å². The van der Waals surface area contributed by atoms with Crippen LogP contribution in [-0.2, 0) is 6.54 Å². The van der Waals surface area contributed by atoms with Gasteiger partial charge in [0.2, 0.25) is 0 Å². The van der Waals surface area contributed by atoms with Crippen LogP contribution >= 0.6 is 11.3 Å². The van der Waals surface area contributed by atoms with Crippen LogP contribution in [0.15, 0.2) is 11.7 Å². The van der Waals surface area contributed by atoms with Crippen LogP contribution in [0.25, 0.3) is 0 Å². The summed E-state index contributed by atoms with van der Waals surface area (Å²) in [5, 5.41) is 3.79. The molecule has 19 heavy (non-hydrogen) atoms. The van der Waals surface area contributed by atoms with Crippen LogP contribution in [0, 0.1) is 0 Å². The van der Waals surface area contributed by atoms with E-state index in [1.54, 1.807) is 11.3 Å². The molecule has 3 nitrogen and oxygen atoms in total. The van der Waals surface area contributed by atoms with Gasteiger partial charge >= 0.3 is 0 Å². The van der Waals surface area contributed by atoms with Crippen molar-refractivity contribution < 1.29 is 0 Å². The SMILES string of the molecule is CCC1CN(Cc2cncs2)C2(CCCCC2)CN1. The first-order valence-corrected chi connectivity index (χ1v) is 8.56. The van der Waals surface area contributed by atoms with Gasteiger partial charge < -0.3 is 5.32 Å². The van der Waals surface area contributed by atoms with Gasteiger partial charge in [0, 0.05) is 42.3 Å². The lowest BCUT2D eigenvalue weighted by molar-refractivity contribution is 0.00342. The molecule has 1 unspecified atom stereocenters. The molecule has 1 aromatic rings. The molecule has 106 valence electrons. The molecular weight excluding hydrogens is 254 g/mol. The van der Waals surface area contributed by atoms with Crippen LogP contribution in [0.2, 0.25) is 0 Å². The van der Waals surface area contributed by atoms with Gasteiger partial charge in [-0.15, -0.1) is 11.3 Å². The van der Waals surface area contributed by atoms with Crippen molar-refractivity contribution in [2.45, 2.75) is 63.6 Å². The van der Waals surface area contributed by atoms with Gasteiger partial charge in [-0.05, 0) is 19.3 Å². The van der Waals surface area contributed by atoms with Gasteiger partial charge in [-0.3, -0.25) is 9.88 Å². The largest absolute Gasteiger partial charge is 0.311 e. The summed E-state index contributed by atoms with van der Waals surface area (Å²) in [5.41, 5.74) is 2.39. The minimum absolute atomic E-state index is 0.425. The summed E-state index contributed by atoms with van der Waals surface area (Å²) in [5.74, 6) is 0. The first-order valence-electron chi connectivity index (χ1n) is 7.68. The number of thiazole rings is 1. The summed E-state index contributed by atoms with van der Waals surface area (Å²) < 4.78 is 0. The Morgan fingerprint density at radius 3 is 2.95 bits per heavy atom. The van der Waals surface area contributed by atoms with Crippen molar-refractivity contribution in [3.8, 4) is 0 Å². The summed E-state index contributed by atoms with van der Waals surface area (Å²) >= 11 is 1.80. The maximum Gasteiger partial charge on any atom is 0.0794 e. The molecule has 1 N–H and O–H groups in total. The maximum atomic E-state index is 4.24. The zero-order valence-corrected chi connectivity index (χ0v) is 12.7. The number of hydrogen-bond acceptors (Lipinski definition) is 4. The predicted molar refractivity (Wildman–Crippen MR) is 80.4 cm³/mol. The van der Waals surface area contributed by atoms with E-state index in [2.05, 4.69) is 22.1 Å². The Kier molecular flexibility index (Phi) is 4.20. The molecule has 0 radical (unpaired) electrons. The number of rotatable bonds is 3. The van der Waals surface area contributed by atoms with Crippen molar-refractivity contribution in [2.24, 2.45) is 0 Å². The third-order valence-electron chi connectivity index (χ3n) is 4.94. The molecule has 2 fully saturated rings. The standard InChI is InChI=1S/C15H25N3S/c1-2-13-9-18(10-14-8-16-12-19-14)15(11-17-13)6-4-3-5-7-15/h8,12-13,17H,2-7,9-11H2,1H3. The highest BCUT2D eigenvalue weighted by atomic mass is 32.1. The molecule has 2 heterocycles. The Labute approximate surface area is 120 Å². The van der Waals surface area contributed by atoms with Gasteiger partial charge in [-0.1, -0.05) is 26.2 Å². The number of piperazine rings is 1. The van der Waals surface area contributed by atoms with Gasteiger partial charge in [-0.25, -0.2) is 0 Å². The van der Waals surface area contributed by atoms with Crippen LogP contribution in [0.5, 0.6) is 0 Å². The van der Waals surface area contributed by atoms with E-state index in [1.807, 2.05) is 11.7 Å². The normalized spacial score (nSPS) is 27.7. The molecule has 1 aromatic heterocycles. The van der Waals surface area contributed by atoms with Gasteiger partial charge in [-0.2, -0.15) is 0 Å². The summed E-state index contributed by atoms with van der Waals surface area (Å²) in [4.78, 5) is 8.42. The smallest absolute Gasteiger partial charge is 0.0794 e. The molecule has 3 rings (SSSR count). The van der Waals surface area contributed by atoms with Crippen molar-refractivity contribution in [3.05, 3.63) is 16.6 Å². The molecule has 1 atom stereocenters. The predicted octanol–water partition coefficient (Wildman–Crippen LogP) is 3.03. The number of nitrogens with zero attached hydrogens (tertiary/aromatic N) is 2. The average Bonchev–Trinajstić information content (AvgIpc) is 2.95. The molecule has 4 heteroatoms. The summed E-state index contributed by atoms with van der Waals surface area (Å²) in [6.45, 7) is 5.78. The van der Waals surface area contributed by atoms with E-state index >= 15 is 0 Å². The van der Waals surface area contributed by atoms with E-state index in [1.165, 1.54) is 56.5 Å². The molecule has 1 spiro atoms. The Hall–Kier alpha value is -0.450. The fourth-order valence-electron chi connectivity index (χ4n) is 3.69. The van der Waals surface area contributed by atoms with E-state index in [0.29, 0.717) is 11.6 Å². The number of hydrogen-bond donors (Lipinski definition) is 1. The third-order valence-corrected chi connectivity index (χ3v) is 5.70. The molecule has 1 saturated heterocycles. The zero-order chi connectivity index (χ0) is 13.1. The van der Waals surface area contributed by atoms with Gasteiger partial charge in [0.05, 0.1) is 5.51 Å². The Morgan fingerprint density at radius 1 is 1.42 bits per heavy atom. The second kappa shape index (κ2) is 5.90. The van der Waals surface area contributed by atoms with E-state index in [-0.39, 0.29) is 0 Å². The quantitative estimate of drug-likeness (QED) is 0.922. The van der Waals surface area contributed by atoms with Crippen molar-refractivity contribution in [1.82, 2.24) is 15.2 Å². The molecular formula is C15H25N3S. The summed E-state index contributed by atoms with van der Waals surface area (Å²) in [7, 11) is 0. The first-order chi connectivity index (χ1) is 9.32. The average molecular weight is 279 g/mol. The lowest BCUT2D eigenvalue weighted by atomic mass is 9.78. The van der Waals surface area contributed by atoms with E-state index < -0.39 is 0 Å². The van der Waals surface area contributed by atoms with Gasteiger partial charge in [0.1, 0.15) is 0 Å². The number of nitrogens with one attached hydrogen (secondary N) is 1. The zero-order valence-electron chi connectivity index (χ0n) is 11.9. The number of aromatic nitrogens is 1. The highest BCUT2D eigenvalue weighted by molar-refractivity contribution is 7.09. The second-order valence-corrected chi connectivity index (χ2v) is 7.09. The van der Waals surface area contributed by atoms with Crippen LogP contribution in [-0.4, -0.2) is 34.6 Å². The van der Waals surface area contributed by atoms with Crippen molar-refractivity contribution in [3.63, 3.8) is 0 Å². The Bertz CT molecular complexity index is 384. The van der Waals surface area contributed by atoms with Crippen LogP contribution < -0.4 is 5.32 Å². The molecule has 0 bridgehead atoms. The van der Waals surface area contributed by atoms with Crippen molar-refractivity contribution in [1.29, 1.82) is 0 Å². The molecule has 2 aliphatic rings. The summed E-state index contributed by atoms with van der Waals surface area (Å²) in [6, 6.07) is 0.667. The third kappa shape index (κ3) is 2.86. The van der Waals surface area contributed by atoms with E-state index in [0.717, 1.165) is 6.54 Å². The Balaban J connectivity index is 1.76. The topological polar surface area (TPSA) is 28.2 Å². The highest BCUT2D eigenvalue weighted by Gasteiger charge is 2.41. The maximum absolute atomic E-state index is 4.24. The van der Waals surface area contributed by atoms with Crippen molar-refractivity contribution in [2.75, 3.05) is 13.1 Å². The Morgan fingerprint density at radius 2 is 2.26 bits per heavy atom. The van der Waals surface area contributed by atoms with Crippen LogP contribution in [0.1, 0.15) is 50.3 Å². The molecule has 1 aliphatic carbocycles. The minimum atomic E-state index is 0.425. The monoisotopic (exact) mass is 279 g/mol. The van der Waals surface area contributed by atoms with Gasteiger partial charge in [0.25, 0.3) is 0 Å². The van der Waals surface area contributed by atoms with Crippen LogP contribution in [0.3, 0.4) is 0 Å². The lowest BCUT2D eigenvalue weighted by Gasteiger charge is -2.52. The van der Waals surface area contributed by atoms with E-state index in [4.69, 9.17) is 0 Å². The second-order valence-electron chi connectivity index (χ2n) is 6.12. The lowest BCUT2D eigenvalue weighted by Crippen LogP contribution is -2.64. The fourth-order valence-corrected chi connectivity index (χ4v) is 4.30. The fraction of sp³-hybridized carbons (Fsp3) is 0.800. The first kappa shape index (κ1) is 13.5. The molecule has 0 amide bonds. The highest BCUT2D eigenvalue weighted by Crippen LogP contribution is 2.36. The van der Waals surface area contributed by atoms with Crippen molar-refractivity contribution >= 4 is 11.3 Å². The minimum Gasteiger partial charge on any atom is -0.311 e.